The molecule has 0 aliphatic carbocycles. The number of para-hydroxylation sites is 2. The van der Waals surface area contributed by atoms with Gasteiger partial charge < -0.3 is 19.5 Å². The van der Waals surface area contributed by atoms with Gasteiger partial charge in [0.05, 0.1) is 12.3 Å². The molecule has 0 spiro atoms. The normalized spacial score (nSPS) is 11.5. The first kappa shape index (κ1) is 21.6. The average molecular weight is 406 g/mol. The van der Waals surface area contributed by atoms with Crippen molar-refractivity contribution < 1.29 is 23.8 Å². The molecule has 0 aliphatic heterocycles. The largest absolute Gasteiger partial charge is 0.492 e. The van der Waals surface area contributed by atoms with Gasteiger partial charge in [-0.1, -0.05) is 23.7 Å². The van der Waals surface area contributed by atoms with Crippen LogP contribution in [0.4, 0.5) is 5.69 Å². The van der Waals surface area contributed by atoms with Gasteiger partial charge >= 0.3 is 5.97 Å². The summed E-state index contributed by atoms with van der Waals surface area (Å²) in [6.45, 7) is 7.19. The summed E-state index contributed by atoms with van der Waals surface area (Å²) >= 11 is 5.99. The standard InChI is InChI=1S/C21H24ClNO5/c1-5-26-18-9-7-6-8-17(18)23-21(25)15(4)28-19(24)12-27-20-13(2)10-16(22)11-14(20)3/h6-11,15H,5,12H2,1-4H3,(H,23,25)/t15-/m0/s1. The lowest BCUT2D eigenvalue weighted by molar-refractivity contribution is -0.155. The minimum Gasteiger partial charge on any atom is -0.492 e. The quantitative estimate of drug-likeness (QED) is 0.662. The molecule has 2 rings (SSSR count). The smallest absolute Gasteiger partial charge is 0.344 e. The van der Waals surface area contributed by atoms with Gasteiger partial charge in [0.2, 0.25) is 0 Å². The summed E-state index contributed by atoms with van der Waals surface area (Å²) in [4.78, 5) is 24.4. The van der Waals surface area contributed by atoms with Crippen molar-refractivity contribution in [1.82, 2.24) is 0 Å². The number of hydrogen-bond donors (Lipinski definition) is 1. The third kappa shape index (κ3) is 5.89. The molecule has 6 nitrogen and oxygen atoms in total. The number of anilines is 1. The predicted octanol–water partition coefficient (Wildman–Crippen LogP) is 4.30. The number of esters is 1. The van der Waals surface area contributed by atoms with Crippen LogP contribution in [0.3, 0.4) is 0 Å². The molecule has 0 unspecified atom stereocenters. The fraction of sp³-hybridized carbons (Fsp3) is 0.333. The molecule has 2 aromatic rings. The Hall–Kier alpha value is -2.73. The zero-order valence-corrected chi connectivity index (χ0v) is 17.1. The number of nitrogens with one attached hydrogen (secondary N) is 1. The van der Waals surface area contributed by atoms with Gasteiger partial charge in [0.25, 0.3) is 5.91 Å². The van der Waals surface area contributed by atoms with Crippen LogP contribution < -0.4 is 14.8 Å². The zero-order chi connectivity index (χ0) is 20.7. The van der Waals surface area contributed by atoms with Gasteiger partial charge in [-0.2, -0.15) is 0 Å². The molecule has 1 atom stereocenters. The lowest BCUT2D eigenvalue weighted by Crippen LogP contribution is -2.31. The topological polar surface area (TPSA) is 73.9 Å². The highest BCUT2D eigenvalue weighted by atomic mass is 35.5. The molecule has 0 fully saturated rings. The molecule has 7 heteroatoms. The van der Waals surface area contributed by atoms with E-state index < -0.39 is 18.0 Å². The van der Waals surface area contributed by atoms with Crippen LogP contribution in [0, 0.1) is 13.8 Å². The van der Waals surface area contributed by atoms with Crippen molar-refractivity contribution in [1.29, 1.82) is 0 Å². The molecule has 0 aromatic heterocycles. The van der Waals surface area contributed by atoms with E-state index in [1.54, 1.807) is 30.3 Å². The monoisotopic (exact) mass is 405 g/mol. The first-order valence-corrected chi connectivity index (χ1v) is 9.31. The Balaban J connectivity index is 1.91. The van der Waals surface area contributed by atoms with Crippen LogP contribution >= 0.6 is 11.6 Å². The molecular formula is C21H24ClNO5. The van der Waals surface area contributed by atoms with E-state index in [0.29, 0.717) is 28.8 Å². The number of rotatable bonds is 8. The van der Waals surface area contributed by atoms with Gasteiger partial charge in [0.1, 0.15) is 11.5 Å². The van der Waals surface area contributed by atoms with E-state index in [-0.39, 0.29) is 6.61 Å². The van der Waals surface area contributed by atoms with Crippen molar-refractivity contribution in [2.45, 2.75) is 33.8 Å². The summed E-state index contributed by atoms with van der Waals surface area (Å²) in [5, 5.41) is 3.30. The molecule has 0 heterocycles. The molecule has 0 saturated carbocycles. The summed E-state index contributed by atoms with van der Waals surface area (Å²) in [5.41, 5.74) is 2.15. The highest BCUT2D eigenvalue weighted by Crippen LogP contribution is 2.27. The van der Waals surface area contributed by atoms with E-state index in [9.17, 15) is 9.59 Å². The number of aryl methyl sites for hydroxylation is 2. The van der Waals surface area contributed by atoms with Crippen LogP contribution in [0.2, 0.25) is 5.02 Å². The average Bonchev–Trinajstić information content (AvgIpc) is 2.62. The summed E-state index contributed by atoms with van der Waals surface area (Å²) < 4.78 is 16.2. The van der Waals surface area contributed by atoms with Crippen molar-refractivity contribution in [3.8, 4) is 11.5 Å². The Morgan fingerprint density at radius 2 is 1.75 bits per heavy atom. The maximum Gasteiger partial charge on any atom is 0.344 e. The van der Waals surface area contributed by atoms with Crippen molar-refractivity contribution in [3.63, 3.8) is 0 Å². The van der Waals surface area contributed by atoms with E-state index in [1.165, 1.54) is 6.92 Å². The number of halogens is 1. The number of ether oxygens (including phenoxy) is 3. The maximum absolute atomic E-state index is 12.3. The summed E-state index contributed by atoms with van der Waals surface area (Å²) in [6.07, 6.45) is -0.988. The van der Waals surface area contributed by atoms with Crippen LogP contribution in [0.25, 0.3) is 0 Å². The van der Waals surface area contributed by atoms with Gasteiger partial charge in [0, 0.05) is 5.02 Å². The van der Waals surface area contributed by atoms with Crippen LogP contribution in [-0.2, 0) is 14.3 Å². The second-order valence-corrected chi connectivity index (χ2v) is 6.64. The lowest BCUT2D eigenvalue weighted by Gasteiger charge is -2.16. The Bertz CT molecular complexity index is 829. The van der Waals surface area contributed by atoms with Gasteiger partial charge in [-0.25, -0.2) is 4.79 Å². The molecule has 1 N–H and O–H groups in total. The molecule has 0 bridgehead atoms. The van der Waals surface area contributed by atoms with E-state index in [4.69, 9.17) is 25.8 Å². The molecule has 0 aliphatic rings. The van der Waals surface area contributed by atoms with Gasteiger partial charge in [-0.15, -0.1) is 0 Å². The van der Waals surface area contributed by atoms with Crippen LogP contribution in [0.1, 0.15) is 25.0 Å². The Kier molecular flexibility index (Phi) is 7.70. The summed E-state index contributed by atoms with van der Waals surface area (Å²) in [7, 11) is 0. The van der Waals surface area contributed by atoms with Crippen LogP contribution in [-0.4, -0.2) is 31.2 Å². The number of benzene rings is 2. The highest BCUT2D eigenvalue weighted by molar-refractivity contribution is 6.30. The Morgan fingerprint density at radius 1 is 1.11 bits per heavy atom. The fourth-order valence-electron chi connectivity index (χ4n) is 2.63. The Morgan fingerprint density at radius 3 is 2.39 bits per heavy atom. The van der Waals surface area contributed by atoms with Crippen molar-refractivity contribution in [2.24, 2.45) is 0 Å². The lowest BCUT2D eigenvalue weighted by atomic mass is 10.1. The van der Waals surface area contributed by atoms with Crippen molar-refractivity contribution in [2.75, 3.05) is 18.5 Å². The first-order valence-electron chi connectivity index (χ1n) is 8.93. The number of hydrogen-bond acceptors (Lipinski definition) is 5. The molecule has 2 aromatic carbocycles. The van der Waals surface area contributed by atoms with Crippen LogP contribution in [0.5, 0.6) is 11.5 Å². The van der Waals surface area contributed by atoms with Gasteiger partial charge in [-0.3, -0.25) is 4.79 Å². The summed E-state index contributed by atoms with van der Waals surface area (Å²) in [5.74, 6) is 0.0202. The minimum atomic E-state index is -0.988. The molecule has 150 valence electrons. The molecule has 0 radical (unpaired) electrons. The molecule has 1 amide bonds. The van der Waals surface area contributed by atoms with E-state index in [1.807, 2.05) is 26.8 Å². The highest BCUT2D eigenvalue weighted by Gasteiger charge is 2.20. The number of amides is 1. The first-order chi connectivity index (χ1) is 13.3. The predicted molar refractivity (Wildman–Crippen MR) is 108 cm³/mol. The fourth-order valence-corrected chi connectivity index (χ4v) is 2.95. The van der Waals surface area contributed by atoms with Crippen LogP contribution in [0.15, 0.2) is 36.4 Å². The van der Waals surface area contributed by atoms with Gasteiger partial charge in [0.15, 0.2) is 12.7 Å². The molecule has 28 heavy (non-hydrogen) atoms. The SMILES string of the molecule is CCOc1ccccc1NC(=O)[C@H](C)OC(=O)COc1c(C)cc(Cl)cc1C. The third-order valence-electron chi connectivity index (χ3n) is 3.88. The second kappa shape index (κ2) is 9.99. The van der Waals surface area contributed by atoms with E-state index in [0.717, 1.165) is 11.1 Å². The summed E-state index contributed by atoms with van der Waals surface area (Å²) in [6, 6.07) is 10.6. The van der Waals surface area contributed by atoms with E-state index >= 15 is 0 Å². The third-order valence-corrected chi connectivity index (χ3v) is 4.10. The Labute approximate surface area is 169 Å². The second-order valence-electron chi connectivity index (χ2n) is 6.21. The number of carbonyl (C=O) groups is 2. The zero-order valence-electron chi connectivity index (χ0n) is 16.4. The minimum absolute atomic E-state index is 0.309. The van der Waals surface area contributed by atoms with Crippen molar-refractivity contribution >= 4 is 29.2 Å². The molecular weight excluding hydrogens is 382 g/mol. The van der Waals surface area contributed by atoms with Crippen molar-refractivity contribution in [3.05, 3.63) is 52.5 Å². The maximum atomic E-state index is 12.3. The molecule has 0 saturated heterocycles. The van der Waals surface area contributed by atoms with Gasteiger partial charge in [-0.05, 0) is 63.1 Å². The number of carbonyl (C=O) groups excluding carboxylic acids is 2. The van der Waals surface area contributed by atoms with E-state index in [2.05, 4.69) is 5.32 Å².